The van der Waals surface area contributed by atoms with Gasteiger partial charge in [-0.05, 0) is 50.3 Å². The Balaban J connectivity index is 1.83. The second kappa shape index (κ2) is 7.05. The number of likely N-dealkylation sites (tertiary alicyclic amines) is 1. The molecule has 1 aromatic carbocycles. The van der Waals surface area contributed by atoms with E-state index in [9.17, 15) is 0 Å². The van der Waals surface area contributed by atoms with E-state index < -0.39 is 0 Å². The quantitative estimate of drug-likeness (QED) is 0.817. The van der Waals surface area contributed by atoms with Crippen molar-refractivity contribution in [3.8, 4) is 0 Å². The number of rotatable bonds is 5. The summed E-state index contributed by atoms with van der Waals surface area (Å²) in [5.74, 6) is 0. The minimum Gasteiger partial charge on any atom is -0.382 e. The number of hydrogen-bond donors (Lipinski definition) is 1. The van der Waals surface area contributed by atoms with E-state index in [2.05, 4.69) is 47.7 Å². The lowest BCUT2D eigenvalue weighted by Gasteiger charge is -2.32. The van der Waals surface area contributed by atoms with Crippen LogP contribution in [0.1, 0.15) is 26.2 Å². The average molecular weight is 264 g/mol. The molecule has 2 nitrogen and oxygen atoms in total. The van der Waals surface area contributed by atoms with Gasteiger partial charge in [0.25, 0.3) is 0 Å². The van der Waals surface area contributed by atoms with Crippen molar-refractivity contribution in [1.29, 1.82) is 0 Å². The van der Waals surface area contributed by atoms with Crippen LogP contribution in [0.2, 0.25) is 0 Å². The van der Waals surface area contributed by atoms with Crippen LogP contribution in [0.25, 0.3) is 0 Å². The van der Waals surface area contributed by atoms with Crippen LogP contribution in [0.4, 0.5) is 5.69 Å². The molecule has 2 rings (SSSR count). The van der Waals surface area contributed by atoms with Crippen molar-refractivity contribution in [3.05, 3.63) is 24.3 Å². The van der Waals surface area contributed by atoms with Crippen LogP contribution >= 0.6 is 11.8 Å². The maximum absolute atomic E-state index is 3.68. The molecular weight excluding hydrogens is 240 g/mol. The highest BCUT2D eigenvalue weighted by Gasteiger charge is 2.18. The molecule has 1 fully saturated rings. The van der Waals surface area contributed by atoms with Crippen molar-refractivity contribution in [2.75, 3.05) is 31.2 Å². The molecule has 0 spiro atoms. The Morgan fingerprint density at radius 1 is 1.33 bits per heavy atom. The lowest BCUT2D eigenvalue weighted by atomic mass is 10.0. The number of piperidine rings is 1. The Hall–Kier alpha value is -0.670. The molecule has 18 heavy (non-hydrogen) atoms. The van der Waals surface area contributed by atoms with Gasteiger partial charge in [-0.15, -0.1) is 11.8 Å². The summed E-state index contributed by atoms with van der Waals surface area (Å²) in [4.78, 5) is 3.92. The largest absolute Gasteiger partial charge is 0.382 e. The van der Waals surface area contributed by atoms with Crippen LogP contribution < -0.4 is 5.32 Å². The van der Waals surface area contributed by atoms with Crippen molar-refractivity contribution in [3.63, 3.8) is 0 Å². The zero-order valence-electron chi connectivity index (χ0n) is 11.5. The molecular formula is C15H24N2S. The molecule has 0 saturated carbocycles. The maximum Gasteiger partial charge on any atom is 0.0353 e. The van der Waals surface area contributed by atoms with E-state index in [-0.39, 0.29) is 0 Å². The van der Waals surface area contributed by atoms with Crippen molar-refractivity contribution in [2.24, 2.45) is 0 Å². The van der Waals surface area contributed by atoms with Crippen LogP contribution in [0.5, 0.6) is 0 Å². The van der Waals surface area contributed by atoms with Crippen LogP contribution in [0.3, 0.4) is 0 Å². The van der Waals surface area contributed by atoms with E-state index in [1.807, 2.05) is 0 Å². The molecule has 1 aliphatic heterocycles. The monoisotopic (exact) mass is 264 g/mol. The lowest BCUT2D eigenvalue weighted by Crippen LogP contribution is -2.39. The number of benzene rings is 1. The van der Waals surface area contributed by atoms with Gasteiger partial charge in [0, 0.05) is 29.7 Å². The fraction of sp³-hybridized carbons (Fsp3) is 0.600. The Labute approximate surface area is 115 Å². The predicted octanol–water partition coefficient (Wildman–Crippen LogP) is 3.69. The van der Waals surface area contributed by atoms with Gasteiger partial charge in [-0.3, -0.25) is 0 Å². The predicted molar refractivity (Wildman–Crippen MR) is 81.6 cm³/mol. The number of hydrogen-bond acceptors (Lipinski definition) is 3. The highest BCUT2D eigenvalue weighted by molar-refractivity contribution is 7.98. The highest BCUT2D eigenvalue weighted by atomic mass is 32.2. The molecule has 0 atom stereocenters. The summed E-state index contributed by atoms with van der Waals surface area (Å²) in [6.45, 7) is 6.01. The maximum atomic E-state index is 3.68. The minimum atomic E-state index is 0.648. The molecule has 0 unspecified atom stereocenters. The Morgan fingerprint density at radius 3 is 2.78 bits per heavy atom. The van der Waals surface area contributed by atoms with Gasteiger partial charge in [0.05, 0.1) is 0 Å². The van der Waals surface area contributed by atoms with Crippen LogP contribution in [-0.4, -0.2) is 36.8 Å². The first-order chi connectivity index (χ1) is 8.81. The first kappa shape index (κ1) is 13.8. The van der Waals surface area contributed by atoms with Gasteiger partial charge in [0.2, 0.25) is 0 Å². The third-order valence-electron chi connectivity index (χ3n) is 3.57. The van der Waals surface area contributed by atoms with Crippen LogP contribution in [-0.2, 0) is 0 Å². The number of nitrogens with one attached hydrogen (secondary N) is 1. The molecule has 0 aliphatic carbocycles. The minimum absolute atomic E-state index is 0.648. The summed E-state index contributed by atoms with van der Waals surface area (Å²) in [5.41, 5.74) is 1.27. The zero-order chi connectivity index (χ0) is 12.8. The second-order valence-electron chi connectivity index (χ2n) is 4.99. The topological polar surface area (TPSA) is 15.3 Å². The van der Waals surface area contributed by atoms with Crippen molar-refractivity contribution >= 4 is 17.4 Å². The molecule has 0 amide bonds. The molecule has 3 heteroatoms. The summed E-state index contributed by atoms with van der Waals surface area (Å²) in [6, 6.07) is 9.39. The standard InChI is InChI=1S/C15H24N2S/c1-3-9-17-10-7-13(8-11-17)16-14-5-4-6-15(12-14)18-2/h4-6,12-13,16H,3,7-11H2,1-2H3. The van der Waals surface area contributed by atoms with Gasteiger partial charge in [-0.1, -0.05) is 13.0 Å². The molecule has 1 aromatic rings. The summed E-state index contributed by atoms with van der Waals surface area (Å²) in [7, 11) is 0. The average Bonchev–Trinajstić information content (AvgIpc) is 2.42. The molecule has 0 bridgehead atoms. The van der Waals surface area contributed by atoms with E-state index >= 15 is 0 Å². The van der Waals surface area contributed by atoms with Crippen molar-refractivity contribution < 1.29 is 0 Å². The highest BCUT2D eigenvalue weighted by Crippen LogP contribution is 2.21. The summed E-state index contributed by atoms with van der Waals surface area (Å²) in [5, 5.41) is 3.68. The van der Waals surface area contributed by atoms with E-state index in [1.54, 1.807) is 11.8 Å². The van der Waals surface area contributed by atoms with Crippen LogP contribution in [0, 0.1) is 0 Å². The molecule has 100 valence electrons. The van der Waals surface area contributed by atoms with Gasteiger partial charge in [0.1, 0.15) is 0 Å². The Bertz CT molecular complexity index is 359. The molecule has 0 radical (unpaired) electrons. The van der Waals surface area contributed by atoms with E-state index in [0.29, 0.717) is 6.04 Å². The lowest BCUT2D eigenvalue weighted by molar-refractivity contribution is 0.219. The Kier molecular flexibility index (Phi) is 5.39. The Morgan fingerprint density at radius 2 is 2.11 bits per heavy atom. The number of nitrogens with zero attached hydrogens (tertiary/aromatic N) is 1. The first-order valence-electron chi connectivity index (χ1n) is 6.94. The smallest absolute Gasteiger partial charge is 0.0353 e. The SMILES string of the molecule is CCCN1CCC(Nc2cccc(SC)c2)CC1. The second-order valence-corrected chi connectivity index (χ2v) is 5.87. The van der Waals surface area contributed by atoms with E-state index in [1.165, 1.54) is 49.5 Å². The number of anilines is 1. The van der Waals surface area contributed by atoms with Gasteiger partial charge in [-0.25, -0.2) is 0 Å². The van der Waals surface area contributed by atoms with Crippen LogP contribution in [0.15, 0.2) is 29.2 Å². The normalized spacial score (nSPS) is 17.9. The third kappa shape index (κ3) is 3.92. The van der Waals surface area contributed by atoms with Gasteiger partial charge < -0.3 is 10.2 Å². The fourth-order valence-corrected chi connectivity index (χ4v) is 3.03. The summed E-state index contributed by atoms with van der Waals surface area (Å²) in [6.07, 6.45) is 5.93. The van der Waals surface area contributed by atoms with Gasteiger partial charge in [0.15, 0.2) is 0 Å². The zero-order valence-corrected chi connectivity index (χ0v) is 12.3. The molecule has 1 heterocycles. The van der Waals surface area contributed by atoms with Crippen molar-refractivity contribution in [2.45, 2.75) is 37.1 Å². The number of thioether (sulfide) groups is 1. The van der Waals surface area contributed by atoms with E-state index in [4.69, 9.17) is 0 Å². The van der Waals surface area contributed by atoms with E-state index in [0.717, 1.165) is 0 Å². The first-order valence-corrected chi connectivity index (χ1v) is 8.17. The molecule has 1 aliphatic rings. The fourth-order valence-electron chi connectivity index (χ4n) is 2.57. The summed E-state index contributed by atoms with van der Waals surface area (Å²) < 4.78 is 0. The molecule has 0 aromatic heterocycles. The molecule has 1 saturated heterocycles. The van der Waals surface area contributed by atoms with Gasteiger partial charge in [-0.2, -0.15) is 0 Å². The third-order valence-corrected chi connectivity index (χ3v) is 4.29. The van der Waals surface area contributed by atoms with Crippen molar-refractivity contribution in [1.82, 2.24) is 4.90 Å². The molecule has 1 N–H and O–H groups in total. The summed E-state index contributed by atoms with van der Waals surface area (Å²) >= 11 is 1.80. The van der Waals surface area contributed by atoms with Gasteiger partial charge >= 0.3 is 0 Å².